The first-order valence-electron chi connectivity index (χ1n) is 13.6. The number of esters is 1. The molecule has 0 saturated carbocycles. The van der Waals surface area contributed by atoms with Gasteiger partial charge in [-0.15, -0.1) is 24.0 Å². The number of aromatic nitrogens is 1. The zero-order valence-corrected chi connectivity index (χ0v) is 25.8. The van der Waals surface area contributed by atoms with E-state index in [2.05, 4.69) is 49.4 Å². The van der Waals surface area contributed by atoms with E-state index in [9.17, 15) is 9.59 Å². The molecule has 8 nitrogen and oxygen atoms in total. The van der Waals surface area contributed by atoms with Crippen molar-refractivity contribution < 1.29 is 23.5 Å². The van der Waals surface area contributed by atoms with Crippen LogP contribution in [0.1, 0.15) is 35.4 Å². The van der Waals surface area contributed by atoms with Crippen LogP contribution in [0.3, 0.4) is 0 Å². The zero-order valence-electron chi connectivity index (χ0n) is 24.1. The van der Waals surface area contributed by atoms with E-state index in [0.29, 0.717) is 30.0 Å². The van der Waals surface area contributed by atoms with Crippen LogP contribution in [0.2, 0.25) is 0 Å². The summed E-state index contributed by atoms with van der Waals surface area (Å²) in [6.07, 6.45) is 3.76. The molecule has 1 aromatic heterocycles. The lowest BCUT2D eigenvalue weighted by molar-refractivity contribution is -0.897. The average Bonchev–Trinajstić information content (AvgIpc) is 3.52. The highest BCUT2D eigenvalue weighted by Crippen LogP contribution is 2.40. The molecule has 1 aliphatic carbocycles. The number of piperidine rings is 1. The zero-order chi connectivity index (χ0) is 28.9. The van der Waals surface area contributed by atoms with Crippen molar-refractivity contribution in [3.63, 3.8) is 0 Å². The number of ether oxygens (including phenoxy) is 2. The molecule has 0 spiro atoms. The molecule has 216 valence electrons. The highest BCUT2D eigenvalue weighted by atomic mass is 32.1. The summed E-state index contributed by atoms with van der Waals surface area (Å²) in [7, 11) is 9.81. The summed E-state index contributed by atoms with van der Waals surface area (Å²) >= 11 is 5.90. The maximum atomic E-state index is 13.3. The number of carbonyl (C=O) groups excluding carboxylic acids is 2. The van der Waals surface area contributed by atoms with Gasteiger partial charge in [-0.25, -0.2) is 4.98 Å². The lowest BCUT2D eigenvalue weighted by Gasteiger charge is -2.36. The molecule has 3 aromatic rings. The van der Waals surface area contributed by atoms with Crippen LogP contribution < -0.4 is 15.4 Å². The fraction of sp³-hybridized carbons (Fsp3) is 0.500. The summed E-state index contributed by atoms with van der Waals surface area (Å²) in [5.41, 5.74) is 2.18. The van der Waals surface area contributed by atoms with E-state index in [0.717, 1.165) is 36.9 Å². The van der Waals surface area contributed by atoms with E-state index in [1.54, 1.807) is 7.11 Å². The minimum absolute atomic E-state index is 0.0457. The summed E-state index contributed by atoms with van der Waals surface area (Å²) in [6.45, 7) is 2.71. The lowest BCUT2D eigenvalue weighted by Crippen LogP contribution is -2.50. The maximum absolute atomic E-state index is 13.3. The van der Waals surface area contributed by atoms with Gasteiger partial charge in [-0.05, 0) is 30.0 Å². The van der Waals surface area contributed by atoms with E-state index in [4.69, 9.17) is 9.47 Å². The van der Waals surface area contributed by atoms with Crippen molar-refractivity contribution in [2.45, 2.75) is 49.6 Å². The molecule has 0 unspecified atom stereocenters. The number of methoxy groups -OCH3 is 2. The van der Waals surface area contributed by atoms with Crippen molar-refractivity contribution in [3.8, 4) is 5.75 Å². The van der Waals surface area contributed by atoms with E-state index in [1.807, 2.05) is 36.4 Å². The van der Waals surface area contributed by atoms with Gasteiger partial charge >= 0.3 is 5.97 Å². The number of hydrogen-bond donors (Lipinski definition) is 3. The van der Waals surface area contributed by atoms with Crippen molar-refractivity contribution in [3.05, 3.63) is 52.5 Å². The summed E-state index contributed by atoms with van der Waals surface area (Å²) in [6, 6.07) is 12.6. The van der Waals surface area contributed by atoms with Crippen LogP contribution in [-0.2, 0) is 33.7 Å². The van der Waals surface area contributed by atoms with Crippen molar-refractivity contribution in [2.75, 3.05) is 48.5 Å². The number of rotatable bonds is 7. The number of nitrogens with zero attached hydrogens (tertiary/aromatic N) is 2. The minimum Gasteiger partial charge on any atom is -0.496 e. The van der Waals surface area contributed by atoms with Crippen molar-refractivity contribution in [1.82, 2.24) is 15.6 Å². The number of amides is 1. The molecule has 2 aliphatic rings. The van der Waals surface area contributed by atoms with Crippen LogP contribution in [0.5, 0.6) is 5.75 Å². The van der Waals surface area contributed by atoms with E-state index in [1.165, 1.54) is 44.4 Å². The number of benzene rings is 2. The number of nitrogens with one attached hydrogen (secondary N) is 2. The number of thiazole rings is 1. The van der Waals surface area contributed by atoms with Crippen LogP contribution >= 0.6 is 24.0 Å². The first kappa shape index (κ1) is 30.3. The fourth-order valence-corrected chi connectivity index (χ4v) is 6.76. The Balaban J connectivity index is 0.000000312. The molecule has 1 amide bonds. The highest BCUT2D eigenvalue weighted by molar-refractivity contribution is 7.80. The van der Waals surface area contributed by atoms with Gasteiger partial charge in [-0.1, -0.05) is 24.3 Å². The Morgan fingerprint density at radius 1 is 1.12 bits per heavy atom. The standard InChI is InChI=1S/C22H22N2O4S2.C8H19N2/c1-27-16-8-18-15(7-17(16)29)24-19(30-18)12-23-21(26)22(11-20(25)28-2)9-13-5-3-4-6-14(13)10-22;1-10(2,3)8-4-6-9-7-5-8/h3-8,29H,9-12H2,1-2H3,(H,23,26);8-9H,4-7H2,1-3H3/q;+1. The number of thiol groups is 1. The van der Waals surface area contributed by atoms with Gasteiger partial charge in [0, 0.05) is 36.9 Å². The van der Waals surface area contributed by atoms with Gasteiger partial charge in [0.2, 0.25) is 5.91 Å². The van der Waals surface area contributed by atoms with Gasteiger partial charge in [-0.3, -0.25) is 9.59 Å². The molecule has 40 heavy (non-hydrogen) atoms. The van der Waals surface area contributed by atoms with Gasteiger partial charge in [0.25, 0.3) is 0 Å². The van der Waals surface area contributed by atoms with Gasteiger partial charge in [0.1, 0.15) is 10.8 Å². The monoisotopic (exact) mass is 585 g/mol. The van der Waals surface area contributed by atoms with Crippen molar-refractivity contribution in [2.24, 2.45) is 5.41 Å². The molecule has 0 bridgehead atoms. The molecule has 2 N–H and O–H groups in total. The number of fused-ring (bicyclic) bond motifs is 2. The van der Waals surface area contributed by atoms with Gasteiger partial charge in [0.05, 0.1) is 70.0 Å². The second-order valence-electron chi connectivity index (χ2n) is 11.5. The van der Waals surface area contributed by atoms with E-state index < -0.39 is 5.41 Å². The first-order chi connectivity index (χ1) is 19.0. The van der Waals surface area contributed by atoms with E-state index in [-0.39, 0.29) is 18.3 Å². The summed E-state index contributed by atoms with van der Waals surface area (Å²) in [5.74, 6) is 0.146. The molecule has 5 rings (SSSR count). The Morgan fingerprint density at radius 2 is 1.77 bits per heavy atom. The van der Waals surface area contributed by atoms with Crippen LogP contribution in [-0.4, -0.2) is 75.8 Å². The SMILES string of the molecule is COC(=O)CC1(C(=O)NCc2nc3cc(S)c(OC)cc3s2)Cc2ccccc2C1.C[N+](C)(C)C1CCNCC1. The fourth-order valence-electron chi connectivity index (χ4n) is 5.56. The Hall–Kier alpha value is -2.66. The van der Waals surface area contributed by atoms with Crippen LogP contribution in [0.25, 0.3) is 10.2 Å². The number of hydrogen-bond acceptors (Lipinski definition) is 8. The van der Waals surface area contributed by atoms with E-state index >= 15 is 0 Å². The maximum Gasteiger partial charge on any atom is 0.306 e. The molecule has 0 radical (unpaired) electrons. The van der Waals surface area contributed by atoms with Crippen LogP contribution in [0.4, 0.5) is 0 Å². The molecule has 10 heteroatoms. The third-order valence-corrected chi connectivity index (χ3v) is 9.27. The van der Waals surface area contributed by atoms with Crippen molar-refractivity contribution in [1.29, 1.82) is 0 Å². The summed E-state index contributed by atoms with van der Waals surface area (Å²) in [5, 5.41) is 7.16. The minimum atomic E-state index is -0.838. The Bertz CT molecular complexity index is 1320. The highest BCUT2D eigenvalue weighted by Gasteiger charge is 2.45. The Labute approximate surface area is 246 Å². The Morgan fingerprint density at radius 3 is 2.33 bits per heavy atom. The predicted octanol–water partition coefficient (Wildman–Crippen LogP) is 4.00. The third-order valence-electron chi connectivity index (χ3n) is 7.91. The summed E-state index contributed by atoms with van der Waals surface area (Å²) in [4.78, 5) is 30.6. The van der Waals surface area contributed by atoms with Crippen LogP contribution in [0, 0.1) is 5.41 Å². The van der Waals surface area contributed by atoms with Crippen LogP contribution in [0.15, 0.2) is 41.3 Å². The first-order valence-corrected chi connectivity index (χ1v) is 14.9. The van der Waals surface area contributed by atoms with Gasteiger partial charge < -0.3 is 24.6 Å². The predicted molar refractivity (Wildman–Crippen MR) is 162 cm³/mol. The second-order valence-corrected chi connectivity index (χ2v) is 13.1. The normalized spacial score (nSPS) is 16.6. The third kappa shape index (κ3) is 7.15. The molecule has 2 heterocycles. The molecule has 1 fully saturated rings. The average molecular weight is 586 g/mol. The lowest BCUT2D eigenvalue weighted by atomic mass is 9.80. The largest absolute Gasteiger partial charge is 0.496 e. The quantitative estimate of drug-likeness (QED) is 0.221. The molecule has 2 aromatic carbocycles. The Kier molecular flexibility index (Phi) is 9.76. The van der Waals surface area contributed by atoms with Crippen molar-refractivity contribution >= 4 is 46.1 Å². The molecular formula is C30H41N4O4S2+. The molecule has 0 atom stereocenters. The van der Waals surface area contributed by atoms with Gasteiger partial charge in [0.15, 0.2) is 0 Å². The number of quaternary nitrogens is 1. The summed E-state index contributed by atoms with van der Waals surface area (Å²) < 4.78 is 12.3. The topological polar surface area (TPSA) is 89.6 Å². The van der Waals surface area contributed by atoms with Gasteiger partial charge in [-0.2, -0.15) is 0 Å². The molecule has 1 aliphatic heterocycles. The smallest absolute Gasteiger partial charge is 0.306 e. The molecular weight excluding hydrogens is 544 g/mol. The second kappa shape index (κ2) is 12.9. The molecule has 1 saturated heterocycles. The number of carbonyl (C=O) groups is 2.